The van der Waals surface area contributed by atoms with Crippen molar-refractivity contribution in [1.82, 2.24) is 5.32 Å². The molecule has 0 heterocycles. The maximum atomic E-state index is 12.6. The number of hydrogen-bond acceptors (Lipinski definition) is 3. The molecular formula is C14H17F3N2OS. The molecule has 1 unspecified atom stereocenters. The molecule has 1 aromatic carbocycles. The number of rotatable bonds is 6. The predicted octanol–water partition coefficient (Wildman–Crippen LogP) is 2.65. The van der Waals surface area contributed by atoms with E-state index in [0.717, 1.165) is 36.7 Å². The minimum atomic E-state index is -4.37. The molecule has 0 aromatic heterocycles. The second-order valence-electron chi connectivity index (χ2n) is 5.06. The van der Waals surface area contributed by atoms with E-state index in [2.05, 4.69) is 5.32 Å². The average Bonchev–Trinajstić information content (AvgIpc) is 3.26. The van der Waals surface area contributed by atoms with Gasteiger partial charge in [0.2, 0.25) is 5.91 Å². The van der Waals surface area contributed by atoms with Crippen LogP contribution in [0.4, 0.5) is 13.2 Å². The first kappa shape index (κ1) is 16.2. The van der Waals surface area contributed by atoms with Gasteiger partial charge in [0.15, 0.2) is 0 Å². The highest BCUT2D eigenvalue weighted by atomic mass is 32.2. The molecule has 0 aliphatic heterocycles. The molecule has 7 heteroatoms. The first-order chi connectivity index (χ1) is 9.90. The van der Waals surface area contributed by atoms with Gasteiger partial charge in [-0.05, 0) is 37.0 Å². The summed E-state index contributed by atoms with van der Waals surface area (Å²) >= 11 is 1.09. The molecule has 0 bridgehead atoms. The van der Waals surface area contributed by atoms with Crippen molar-refractivity contribution in [2.24, 2.45) is 11.7 Å². The van der Waals surface area contributed by atoms with Crippen molar-refractivity contribution in [3.8, 4) is 0 Å². The van der Waals surface area contributed by atoms with Gasteiger partial charge in [0.1, 0.15) is 0 Å². The number of halogens is 3. The topological polar surface area (TPSA) is 55.1 Å². The van der Waals surface area contributed by atoms with E-state index in [1.54, 1.807) is 6.07 Å². The first-order valence-electron chi connectivity index (χ1n) is 6.69. The summed E-state index contributed by atoms with van der Waals surface area (Å²) in [6, 6.07) is 4.96. The fourth-order valence-corrected chi connectivity index (χ4v) is 2.79. The highest BCUT2D eigenvalue weighted by Crippen LogP contribution is 2.33. The van der Waals surface area contributed by atoms with Crippen molar-refractivity contribution >= 4 is 17.7 Å². The van der Waals surface area contributed by atoms with E-state index in [4.69, 9.17) is 5.73 Å². The summed E-state index contributed by atoms with van der Waals surface area (Å²) in [6.45, 7) is 0.393. The van der Waals surface area contributed by atoms with Gasteiger partial charge in [0.25, 0.3) is 0 Å². The number of hydrogen-bond donors (Lipinski definition) is 2. The van der Waals surface area contributed by atoms with Crippen molar-refractivity contribution in [3.05, 3.63) is 29.8 Å². The van der Waals surface area contributed by atoms with Crippen LogP contribution in [-0.4, -0.2) is 24.2 Å². The lowest BCUT2D eigenvalue weighted by molar-refractivity contribution is -0.137. The highest BCUT2D eigenvalue weighted by Gasteiger charge is 2.31. The van der Waals surface area contributed by atoms with E-state index < -0.39 is 11.7 Å². The van der Waals surface area contributed by atoms with Crippen LogP contribution in [0.3, 0.4) is 0 Å². The molecule has 1 aliphatic carbocycles. The lowest BCUT2D eigenvalue weighted by atomic mass is 10.2. The molecule has 0 radical (unpaired) electrons. The Morgan fingerprint density at radius 2 is 2.14 bits per heavy atom. The second kappa shape index (κ2) is 6.70. The Morgan fingerprint density at radius 1 is 1.43 bits per heavy atom. The number of carbonyl (C=O) groups is 1. The third kappa shape index (κ3) is 4.93. The van der Waals surface area contributed by atoms with Crippen LogP contribution in [0.5, 0.6) is 0 Å². The summed E-state index contributed by atoms with van der Waals surface area (Å²) in [5.74, 6) is 0.349. The number of amides is 1. The molecule has 0 spiro atoms. The zero-order valence-corrected chi connectivity index (χ0v) is 12.1. The molecule has 1 aliphatic rings. The van der Waals surface area contributed by atoms with Crippen LogP contribution in [0.15, 0.2) is 29.2 Å². The first-order valence-corrected chi connectivity index (χ1v) is 7.68. The Kier molecular flexibility index (Phi) is 5.16. The van der Waals surface area contributed by atoms with Gasteiger partial charge >= 0.3 is 6.18 Å². The molecule has 0 saturated heterocycles. The van der Waals surface area contributed by atoms with Crippen LogP contribution in [0.25, 0.3) is 0 Å². The Morgan fingerprint density at radius 3 is 2.71 bits per heavy atom. The zero-order chi connectivity index (χ0) is 15.5. The van der Waals surface area contributed by atoms with E-state index >= 15 is 0 Å². The van der Waals surface area contributed by atoms with Crippen molar-refractivity contribution in [2.45, 2.75) is 30.0 Å². The van der Waals surface area contributed by atoms with Gasteiger partial charge in [0.05, 0.1) is 11.3 Å². The van der Waals surface area contributed by atoms with Crippen molar-refractivity contribution < 1.29 is 18.0 Å². The van der Waals surface area contributed by atoms with E-state index in [1.807, 2.05) is 0 Å². The molecule has 2 rings (SSSR count). The minimum absolute atomic E-state index is 0.0143. The van der Waals surface area contributed by atoms with E-state index in [-0.39, 0.29) is 17.7 Å². The predicted molar refractivity (Wildman–Crippen MR) is 75.9 cm³/mol. The van der Waals surface area contributed by atoms with Gasteiger partial charge in [0, 0.05) is 17.5 Å². The molecule has 1 saturated carbocycles. The van der Waals surface area contributed by atoms with Crippen molar-refractivity contribution in [3.63, 3.8) is 0 Å². The van der Waals surface area contributed by atoms with Crippen LogP contribution in [0.2, 0.25) is 0 Å². The molecular weight excluding hydrogens is 301 g/mol. The van der Waals surface area contributed by atoms with Crippen LogP contribution >= 0.6 is 11.8 Å². The summed E-state index contributed by atoms with van der Waals surface area (Å²) in [6.07, 6.45) is -2.22. The van der Waals surface area contributed by atoms with Gasteiger partial charge in [-0.15, -0.1) is 11.8 Å². The van der Waals surface area contributed by atoms with Crippen LogP contribution in [0, 0.1) is 5.92 Å². The zero-order valence-electron chi connectivity index (χ0n) is 11.3. The Labute approximate surface area is 125 Å². The summed E-state index contributed by atoms with van der Waals surface area (Å²) < 4.78 is 37.7. The number of carbonyl (C=O) groups excluding carboxylic acids is 1. The lowest BCUT2D eigenvalue weighted by Gasteiger charge is -2.15. The molecule has 1 amide bonds. The third-order valence-electron chi connectivity index (χ3n) is 3.32. The van der Waals surface area contributed by atoms with Crippen molar-refractivity contribution in [1.29, 1.82) is 0 Å². The number of nitrogens with one attached hydrogen (secondary N) is 1. The van der Waals surface area contributed by atoms with Gasteiger partial charge < -0.3 is 11.1 Å². The molecule has 116 valence electrons. The highest BCUT2D eigenvalue weighted by molar-refractivity contribution is 8.00. The minimum Gasteiger partial charge on any atom is -0.351 e. The SMILES string of the molecule is NCC(NC(=O)CSc1cccc(C(F)(F)F)c1)C1CC1. The fourth-order valence-electron chi connectivity index (χ4n) is 2.03. The molecule has 1 aromatic rings. The number of alkyl halides is 3. The summed E-state index contributed by atoms with van der Waals surface area (Å²) in [7, 11) is 0. The molecule has 3 nitrogen and oxygen atoms in total. The Balaban J connectivity index is 1.86. The fraction of sp³-hybridized carbons (Fsp3) is 0.500. The maximum Gasteiger partial charge on any atom is 0.416 e. The second-order valence-corrected chi connectivity index (χ2v) is 6.11. The lowest BCUT2D eigenvalue weighted by Crippen LogP contribution is -2.42. The molecule has 1 fully saturated rings. The number of thioether (sulfide) groups is 1. The van der Waals surface area contributed by atoms with E-state index in [0.29, 0.717) is 17.4 Å². The van der Waals surface area contributed by atoms with Gasteiger partial charge in [-0.25, -0.2) is 0 Å². The Hall–Kier alpha value is -1.21. The number of benzene rings is 1. The quantitative estimate of drug-likeness (QED) is 0.793. The van der Waals surface area contributed by atoms with Crippen LogP contribution in [0.1, 0.15) is 18.4 Å². The van der Waals surface area contributed by atoms with Crippen molar-refractivity contribution in [2.75, 3.05) is 12.3 Å². The summed E-state index contributed by atoms with van der Waals surface area (Å²) in [4.78, 5) is 12.2. The van der Waals surface area contributed by atoms with Gasteiger partial charge in [-0.2, -0.15) is 13.2 Å². The summed E-state index contributed by atoms with van der Waals surface area (Å²) in [5.41, 5.74) is 4.89. The maximum absolute atomic E-state index is 12.6. The number of nitrogens with two attached hydrogens (primary N) is 1. The third-order valence-corrected chi connectivity index (χ3v) is 4.32. The Bertz CT molecular complexity index is 503. The monoisotopic (exact) mass is 318 g/mol. The molecule has 3 N–H and O–H groups in total. The standard InChI is InChI=1S/C14H17F3N2OS/c15-14(16,17)10-2-1-3-11(6-10)21-8-13(20)19-12(7-18)9-4-5-9/h1-3,6,9,12H,4-5,7-8,18H2,(H,19,20). The average molecular weight is 318 g/mol. The summed E-state index contributed by atoms with van der Waals surface area (Å²) in [5, 5.41) is 2.84. The van der Waals surface area contributed by atoms with Gasteiger partial charge in [-0.1, -0.05) is 6.07 Å². The van der Waals surface area contributed by atoms with E-state index in [9.17, 15) is 18.0 Å². The normalized spacial score (nSPS) is 16.6. The van der Waals surface area contributed by atoms with Crippen LogP contribution in [-0.2, 0) is 11.0 Å². The molecule has 1 atom stereocenters. The molecule has 21 heavy (non-hydrogen) atoms. The van der Waals surface area contributed by atoms with Gasteiger partial charge in [-0.3, -0.25) is 4.79 Å². The largest absolute Gasteiger partial charge is 0.416 e. The smallest absolute Gasteiger partial charge is 0.351 e. The van der Waals surface area contributed by atoms with E-state index in [1.165, 1.54) is 6.07 Å². The van der Waals surface area contributed by atoms with Crippen LogP contribution < -0.4 is 11.1 Å².